The fourth-order valence-corrected chi connectivity index (χ4v) is 5.53. The van der Waals surface area contributed by atoms with Gasteiger partial charge in [0.2, 0.25) is 11.8 Å². The average molecular weight is 552 g/mol. The van der Waals surface area contributed by atoms with Crippen molar-refractivity contribution < 1.29 is 9.47 Å². The van der Waals surface area contributed by atoms with Crippen LogP contribution in [0.25, 0.3) is 0 Å². The van der Waals surface area contributed by atoms with E-state index < -0.39 is 0 Å². The molecule has 2 aliphatic heterocycles. The first-order valence-electron chi connectivity index (χ1n) is 13.3. The summed E-state index contributed by atoms with van der Waals surface area (Å²) < 4.78 is 11.8. The Balaban J connectivity index is 1.33. The third-order valence-corrected chi connectivity index (χ3v) is 7.97. The van der Waals surface area contributed by atoms with E-state index in [-0.39, 0.29) is 5.41 Å². The Kier molecular flexibility index (Phi) is 8.61. The first-order chi connectivity index (χ1) is 18.5. The van der Waals surface area contributed by atoms with Crippen LogP contribution in [0.4, 0.5) is 11.8 Å². The van der Waals surface area contributed by atoms with E-state index in [0.717, 1.165) is 48.8 Å². The van der Waals surface area contributed by atoms with Crippen LogP contribution in [0.3, 0.4) is 0 Å². The molecule has 0 radical (unpaired) electrons. The highest BCUT2D eigenvalue weighted by molar-refractivity contribution is 7.80. The number of hydrogen-bond acceptors (Lipinski definition) is 6. The van der Waals surface area contributed by atoms with E-state index in [9.17, 15) is 0 Å². The lowest BCUT2D eigenvalue weighted by Gasteiger charge is -2.38. The molecule has 3 aromatic rings. The van der Waals surface area contributed by atoms with E-state index in [0.29, 0.717) is 42.7 Å². The maximum atomic E-state index is 6.16. The Bertz CT molecular complexity index is 1220. The van der Waals surface area contributed by atoms with Crippen LogP contribution in [-0.4, -0.2) is 47.4 Å². The second-order valence-corrected chi connectivity index (χ2v) is 10.9. The van der Waals surface area contributed by atoms with Gasteiger partial charge in [0.15, 0.2) is 5.11 Å². The lowest BCUT2D eigenvalue weighted by molar-refractivity contribution is 0.0515. The molecule has 0 unspecified atom stereocenters. The SMILES string of the molecule is C[C@H]1CCCCN1c1cc(Oc2ccccc2)nc(NC(=S)NCC2(c3ccc(Cl)cc3)CCOCC2)n1. The molecule has 5 rings (SSSR count). The number of ether oxygens (including phenoxy) is 2. The summed E-state index contributed by atoms with van der Waals surface area (Å²) in [7, 11) is 0. The molecule has 7 nitrogen and oxygen atoms in total. The summed E-state index contributed by atoms with van der Waals surface area (Å²) in [5.74, 6) is 2.45. The van der Waals surface area contributed by atoms with E-state index in [1.807, 2.05) is 48.5 Å². The van der Waals surface area contributed by atoms with Crippen LogP contribution in [0.2, 0.25) is 5.02 Å². The van der Waals surface area contributed by atoms with Gasteiger partial charge in [-0.25, -0.2) is 0 Å². The Morgan fingerprint density at radius 2 is 1.87 bits per heavy atom. The van der Waals surface area contributed by atoms with Crippen molar-refractivity contribution in [3.8, 4) is 11.6 Å². The Morgan fingerprint density at radius 3 is 2.61 bits per heavy atom. The Labute approximate surface area is 234 Å². The predicted molar refractivity (Wildman–Crippen MR) is 157 cm³/mol. The summed E-state index contributed by atoms with van der Waals surface area (Å²) in [6.45, 7) is 5.28. The summed E-state index contributed by atoms with van der Waals surface area (Å²) in [5, 5.41) is 7.85. The van der Waals surface area contributed by atoms with E-state index in [2.05, 4.69) is 39.6 Å². The molecular weight excluding hydrogens is 518 g/mol. The number of rotatable bonds is 7. The molecule has 0 bridgehead atoms. The van der Waals surface area contributed by atoms with Gasteiger partial charge in [0.05, 0.1) is 0 Å². The van der Waals surface area contributed by atoms with Gasteiger partial charge in [0, 0.05) is 48.8 Å². The molecular formula is C29H34ClN5O2S. The van der Waals surface area contributed by atoms with Gasteiger partial charge >= 0.3 is 0 Å². The molecule has 2 fully saturated rings. The molecule has 1 atom stereocenters. The molecule has 3 heterocycles. The largest absolute Gasteiger partial charge is 0.439 e. The van der Waals surface area contributed by atoms with Gasteiger partial charge in [0.1, 0.15) is 11.6 Å². The van der Waals surface area contributed by atoms with Gasteiger partial charge in [-0.2, -0.15) is 9.97 Å². The van der Waals surface area contributed by atoms with E-state index in [4.69, 9.17) is 38.3 Å². The first kappa shape index (κ1) is 26.7. The average Bonchev–Trinajstić information content (AvgIpc) is 2.93. The van der Waals surface area contributed by atoms with Crippen LogP contribution in [0.1, 0.15) is 44.6 Å². The third kappa shape index (κ3) is 6.54. The number of anilines is 2. The Morgan fingerprint density at radius 1 is 1.11 bits per heavy atom. The van der Waals surface area contributed by atoms with E-state index >= 15 is 0 Å². The van der Waals surface area contributed by atoms with Crippen molar-refractivity contribution in [2.24, 2.45) is 0 Å². The van der Waals surface area contributed by atoms with Crippen molar-refractivity contribution in [1.82, 2.24) is 15.3 Å². The predicted octanol–water partition coefficient (Wildman–Crippen LogP) is 6.34. The van der Waals surface area contributed by atoms with Crippen LogP contribution in [0.5, 0.6) is 11.6 Å². The summed E-state index contributed by atoms with van der Waals surface area (Å²) >= 11 is 11.9. The van der Waals surface area contributed by atoms with E-state index in [1.165, 1.54) is 12.0 Å². The molecule has 0 saturated carbocycles. The number of aromatic nitrogens is 2. The van der Waals surface area contributed by atoms with E-state index in [1.54, 1.807) is 0 Å². The maximum Gasteiger partial charge on any atom is 0.234 e. The lowest BCUT2D eigenvalue weighted by atomic mass is 9.74. The van der Waals surface area contributed by atoms with Crippen molar-refractivity contribution >= 4 is 40.7 Å². The number of thiocarbonyl (C=S) groups is 1. The van der Waals surface area contributed by atoms with Crippen LogP contribution < -0.4 is 20.3 Å². The second kappa shape index (κ2) is 12.3. The van der Waals surface area contributed by atoms with Gasteiger partial charge in [-0.05, 0) is 81.1 Å². The normalized spacial score (nSPS) is 19.0. The van der Waals surface area contributed by atoms with Gasteiger partial charge in [0.25, 0.3) is 0 Å². The number of para-hydroxylation sites is 1. The molecule has 2 N–H and O–H groups in total. The van der Waals surface area contributed by atoms with Gasteiger partial charge in [-0.1, -0.05) is 41.9 Å². The topological polar surface area (TPSA) is 71.5 Å². The van der Waals surface area contributed by atoms with Crippen molar-refractivity contribution in [1.29, 1.82) is 0 Å². The number of piperidine rings is 1. The summed E-state index contributed by atoms with van der Waals surface area (Å²) in [6, 6.07) is 20.1. The highest BCUT2D eigenvalue weighted by Crippen LogP contribution is 2.35. The third-order valence-electron chi connectivity index (χ3n) is 7.47. The van der Waals surface area contributed by atoms with Crippen LogP contribution in [0, 0.1) is 0 Å². The van der Waals surface area contributed by atoms with Crippen molar-refractivity contribution in [3.05, 3.63) is 71.2 Å². The van der Waals surface area contributed by atoms with Gasteiger partial charge < -0.3 is 25.0 Å². The summed E-state index contributed by atoms with van der Waals surface area (Å²) in [5.41, 5.74) is 1.14. The molecule has 1 aromatic heterocycles. The number of benzene rings is 2. The fourth-order valence-electron chi connectivity index (χ4n) is 5.24. The monoisotopic (exact) mass is 551 g/mol. The summed E-state index contributed by atoms with van der Waals surface area (Å²) in [4.78, 5) is 11.8. The number of nitrogens with zero attached hydrogens (tertiary/aromatic N) is 3. The quantitative estimate of drug-likeness (QED) is 0.330. The van der Waals surface area contributed by atoms with Crippen molar-refractivity contribution in [3.63, 3.8) is 0 Å². The smallest absolute Gasteiger partial charge is 0.234 e. The van der Waals surface area contributed by atoms with Crippen LogP contribution in [0.15, 0.2) is 60.7 Å². The van der Waals surface area contributed by atoms with Crippen LogP contribution >= 0.6 is 23.8 Å². The first-order valence-corrected chi connectivity index (χ1v) is 14.1. The molecule has 2 saturated heterocycles. The van der Waals surface area contributed by atoms with Crippen molar-refractivity contribution in [2.75, 3.05) is 36.5 Å². The molecule has 9 heteroatoms. The molecule has 2 aromatic carbocycles. The van der Waals surface area contributed by atoms with Gasteiger partial charge in [-0.15, -0.1) is 0 Å². The Hall–Kier alpha value is -2.94. The molecule has 2 aliphatic rings. The number of halogens is 1. The fraction of sp³-hybridized carbons (Fsp3) is 0.414. The van der Waals surface area contributed by atoms with Crippen molar-refractivity contribution in [2.45, 2.75) is 50.5 Å². The highest BCUT2D eigenvalue weighted by Gasteiger charge is 2.34. The zero-order chi connectivity index (χ0) is 26.4. The molecule has 200 valence electrons. The zero-order valence-corrected chi connectivity index (χ0v) is 23.2. The minimum absolute atomic E-state index is 0.0951. The molecule has 0 spiro atoms. The van der Waals surface area contributed by atoms with Crippen LogP contribution in [-0.2, 0) is 10.2 Å². The minimum Gasteiger partial charge on any atom is -0.439 e. The molecule has 0 amide bonds. The number of nitrogens with one attached hydrogen (secondary N) is 2. The standard InChI is InChI=1S/C29H34ClN5O2S/c1-21-7-5-6-16-35(21)25-19-26(37-24-8-3-2-4-9-24)33-27(32-25)34-28(38)31-20-29(14-17-36-18-15-29)22-10-12-23(30)13-11-22/h2-4,8-13,19,21H,5-7,14-18,20H2,1H3,(H2,31,32,33,34,38)/t21-/m0/s1. The zero-order valence-electron chi connectivity index (χ0n) is 21.7. The lowest BCUT2D eigenvalue weighted by Crippen LogP contribution is -2.45. The minimum atomic E-state index is -0.0951. The number of hydrogen-bond donors (Lipinski definition) is 2. The van der Waals surface area contributed by atoms with Gasteiger partial charge in [-0.3, -0.25) is 0 Å². The summed E-state index contributed by atoms with van der Waals surface area (Å²) in [6.07, 6.45) is 5.31. The molecule has 0 aliphatic carbocycles. The highest BCUT2D eigenvalue weighted by atomic mass is 35.5. The molecule has 38 heavy (non-hydrogen) atoms. The maximum absolute atomic E-state index is 6.16. The second-order valence-electron chi connectivity index (χ2n) is 10.0.